The molecular weight excluding hydrogens is 216 g/mol. The van der Waals surface area contributed by atoms with E-state index in [4.69, 9.17) is 0 Å². The van der Waals surface area contributed by atoms with Crippen molar-refractivity contribution in [1.29, 1.82) is 0 Å². The lowest BCUT2D eigenvalue weighted by atomic mass is 10.0. The van der Waals surface area contributed by atoms with Crippen LogP contribution >= 0.6 is 0 Å². The number of likely N-dealkylation sites (N-methyl/N-ethyl adjacent to an activating group) is 1. The molecule has 0 aliphatic rings. The van der Waals surface area contributed by atoms with E-state index in [1.165, 1.54) is 0 Å². The number of H-pyrrole nitrogens is 1. The molecule has 3 N–H and O–H groups in total. The molecular formula is C12H22N4O. The summed E-state index contributed by atoms with van der Waals surface area (Å²) in [6, 6.07) is -0.100. The Balaban J connectivity index is 2.27. The number of hydrogen-bond acceptors (Lipinski definition) is 3. The van der Waals surface area contributed by atoms with Crippen molar-refractivity contribution in [3.8, 4) is 0 Å². The average molecular weight is 238 g/mol. The van der Waals surface area contributed by atoms with Gasteiger partial charge in [-0.05, 0) is 19.4 Å². The summed E-state index contributed by atoms with van der Waals surface area (Å²) in [5.41, 5.74) is 1.04. The molecule has 1 aromatic rings. The number of amides is 1. The molecule has 1 amide bonds. The van der Waals surface area contributed by atoms with Crippen LogP contribution in [0.3, 0.4) is 0 Å². The molecule has 0 saturated heterocycles. The van der Waals surface area contributed by atoms with E-state index in [1.807, 2.05) is 7.05 Å². The van der Waals surface area contributed by atoms with E-state index < -0.39 is 0 Å². The molecule has 5 heteroatoms. The number of carbonyl (C=O) groups is 1. The minimum absolute atomic E-state index is 0.0701. The van der Waals surface area contributed by atoms with Crippen molar-refractivity contribution in [2.75, 3.05) is 13.6 Å². The number of rotatable bonds is 7. The molecule has 0 saturated carbocycles. The van der Waals surface area contributed by atoms with Crippen LogP contribution in [0.15, 0.2) is 12.5 Å². The van der Waals surface area contributed by atoms with Crippen molar-refractivity contribution in [1.82, 2.24) is 20.6 Å². The van der Waals surface area contributed by atoms with Gasteiger partial charge < -0.3 is 15.6 Å². The second-order valence-electron chi connectivity index (χ2n) is 4.59. The first-order chi connectivity index (χ1) is 8.13. The Kier molecular flexibility index (Phi) is 5.69. The summed E-state index contributed by atoms with van der Waals surface area (Å²) in [5.74, 6) is 0.575. The number of nitrogens with zero attached hydrogens (tertiary/aromatic N) is 1. The summed E-state index contributed by atoms with van der Waals surface area (Å²) in [7, 11) is 1.82. The van der Waals surface area contributed by atoms with Crippen LogP contribution in [-0.2, 0) is 11.2 Å². The molecule has 0 spiro atoms. The quantitative estimate of drug-likeness (QED) is 0.655. The molecule has 5 nitrogen and oxygen atoms in total. The van der Waals surface area contributed by atoms with Gasteiger partial charge in [-0.2, -0.15) is 0 Å². The van der Waals surface area contributed by atoms with E-state index in [9.17, 15) is 4.79 Å². The summed E-state index contributed by atoms with van der Waals surface area (Å²) < 4.78 is 0. The fourth-order valence-electron chi connectivity index (χ4n) is 1.69. The Hall–Kier alpha value is -1.36. The Bertz CT molecular complexity index is 321. The molecule has 1 aromatic heterocycles. The number of carbonyl (C=O) groups excluding carboxylic acids is 1. The van der Waals surface area contributed by atoms with E-state index in [0.717, 1.165) is 18.5 Å². The van der Waals surface area contributed by atoms with Crippen LogP contribution in [0.4, 0.5) is 0 Å². The van der Waals surface area contributed by atoms with Crippen LogP contribution in [-0.4, -0.2) is 35.5 Å². The molecule has 0 aromatic carbocycles. The largest absolute Gasteiger partial charge is 0.354 e. The molecule has 1 heterocycles. The molecule has 17 heavy (non-hydrogen) atoms. The lowest BCUT2D eigenvalue weighted by Gasteiger charge is -2.17. The van der Waals surface area contributed by atoms with Gasteiger partial charge in [0, 0.05) is 24.9 Å². The van der Waals surface area contributed by atoms with Crippen molar-refractivity contribution in [2.45, 2.75) is 32.7 Å². The smallest absolute Gasteiger partial charge is 0.237 e. The van der Waals surface area contributed by atoms with Crippen LogP contribution < -0.4 is 10.6 Å². The zero-order chi connectivity index (χ0) is 12.7. The molecule has 1 atom stereocenters. The fraction of sp³-hybridized carbons (Fsp3) is 0.667. The third-order valence-corrected chi connectivity index (χ3v) is 2.62. The Morgan fingerprint density at radius 3 is 2.82 bits per heavy atom. The van der Waals surface area contributed by atoms with Crippen LogP contribution in [0.1, 0.15) is 26.0 Å². The fourth-order valence-corrected chi connectivity index (χ4v) is 1.69. The molecule has 0 bridgehead atoms. The first-order valence-corrected chi connectivity index (χ1v) is 6.05. The molecule has 0 aliphatic heterocycles. The SMILES string of the molecule is CN[C@H](CC(C)C)C(=O)NCCc1cnc[nH]1. The van der Waals surface area contributed by atoms with Gasteiger partial charge in [0.2, 0.25) is 5.91 Å². The van der Waals surface area contributed by atoms with Crippen LogP contribution in [0.2, 0.25) is 0 Å². The van der Waals surface area contributed by atoms with Gasteiger partial charge in [0.25, 0.3) is 0 Å². The highest BCUT2D eigenvalue weighted by atomic mass is 16.2. The maximum atomic E-state index is 11.8. The first-order valence-electron chi connectivity index (χ1n) is 6.05. The van der Waals surface area contributed by atoms with Gasteiger partial charge in [-0.15, -0.1) is 0 Å². The number of aromatic amines is 1. The van der Waals surface area contributed by atoms with E-state index in [-0.39, 0.29) is 11.9 Å². The van der Waals surface area contributed by atoms with Crippen molar-refractivity contribution < 1.29 is 4.79 Å². The summed E-state index contributed by atoms with van der Waals surface area (Å²) in [5, 5.41) is 5.97. The van der Waals surface area contributed by atoms with Crippen molar-refractivity contribution in [2.24, 2.45) is 5.92 Å². The molecule has 0 fully saturated rings. The maximum Gasteiger partial charge on any atom is 0.237 e. The zero-order valence-corrected chi connectivity index (χ0v) is 10.8. The number of imidazole rings is 1. The highest BCUT2D eigenvalue weighted by molar-refractivity contribution is 5.81. The summed E-state index contributed by atoms with van der Waals surface area (Å²) >= 11 is 0. The average Bonchev–Trinajstić information content (AvgIpc) is 2.78. The van der Waals surface area contributed by atoms with Gasteiger partial charge in [0.1, 0.15) is 0 Å². The van der Waals surface area contributed by atoms with E-state index >= 15 is 0 Å². The van der Waals surface area contributed by atoms with Gasteiger partial charge in [-0.3, -0.25) is 4.79 Å². The summed E-state index contributed by atoms with van der Waals surface area (Å²) in [6.45, 7) is 4.86. The molecule has 96 valence electrons. The second-order valence-corrected chi connectivity index (χ2v) is 4.59. The van der Waals surface area contributed by atoms with Crippen molar-refractivity contribution >= 4 is 5.91 Å². The number of aromatic nitrogens is 2. The van der Waals surface area contributed by atoms with Crippen molar-refractivity contribution in [3.63, 3.8) is 0 Å². The van der Waals surface area contributed by atoms with Crippen molar-refractivity contribution in [3.05, 3.63) is 18.2 Å². The van der Waals surface area contributed by atoms with Gasteiger partial charge in [0.05, 0.1) is 12.4 Å². The predicted molar refractivity (Wildman–Crippen MR) is 67.6 cm³/mol. The molecule has 0 aliphatic carbocycles. The summed E-state index contributed by atoms with van der Waals surface area (Å²) in [6.07, 6.45) is 5.05. The number of hydrogen-bond donors (Lipinski definition) is 3. The van der Waals surface area contributed by atoms with E-state index in [0.29, 0.717) is 12.5 Å². The van der Waals surface area contributed by atoms with Crippen LogP contribution in [0.25, 0.3) is 0 Å². The predicted octanol–water partition coefficient (Wildman–Crippen LogP) is 0.703. The third kappa shape index (κ3) is 4.99. The lowest BCUT2D eigenvalue weighted by Crippen LogP contribution is -2.44. The molecule has 0 radical (unpaired) electrons. The summed E-state index contributed by atoms with van der Waals surface area (Å²) in [4.78, 5) is 18.8. The van der Waals surface area contributed by atoms with E-state index in [1.54, 1.807) is 12.5 Å². The molecule has 0 unspecified atom stereocenters. The Labute approximate surface area is 102 Å². The zero-order valence-electron chi connectivity index (χ0n) is 10.8. The minimum atomic E-state index is -0.100. The topological polar surface area (TPSA) is 69.8 Å². The first kappa shape index (κ1) is 13.7. The van der Waals surface area contributed by atoms with Gasteiger partial charge in [-0.1, -0.05) is 13.8 Å². The second kappa shape index (κ2) is 7.06. The van der Waals surface area contributed by atoms with E-state index in [2.05, 4.69) is 34.4 Å². The van der Waals surface area contributed by atoms with Gasteiger partial charge in [0.15, 0.2) is 0 Å². The maximum absolute atomic E-state index is 11.8. The van der Waals surface area contributed by atoms with Crippen LogP contribution in [0, 0.1) is 5.92 Å². The monoisotopic (exact) mass is 238 g/mol. The lowest BCUT2D eigenvalue weighted by molar-refractivity contribution is -0.123. The van der Waals surface area contributed by atoms with Gasteiger partial charge in [-0.25, -0.2) is 4.98 Å². The number of nitrogens with one attached hydrogen (secondary N) is 3. The highest BCUT2D eigenvalue weighted by Crippen LogP contribution is 2.04. The Morgan fingerprint density at radius 1 is 1.53 bits per heavy atom. The Morgan fingerprint density at radius 2 is 2.29 bits per heavy atom. The normalized spacial score (nSPS) is 12.7. The van der Waals surface area contributed by atoms with Crippen LogP contribution in [0.5, 0.6) is 0 Å². The minimum Gasteiger partial charge on any atom is -0.354 e. The standard InChI is InChI=1S/C12H22N4O/c1-9(2)6-11(13-3)12(17)15-5-4-10-7-14-8-16-10/h7-9,11,13H,4-6H2,1-3H3,(H,14,16)(H,15,17)/t11-/m1/s1. The third-order valence-electron chi connectivity index (χ3n) is 2.62. The molecule has 1 rings (SSSR count). The highest BCUT2D eigenvalue weighted by Gasteiger charge is 2.16. The van der Waals surface area contributed by atoms with Gasteiger partial charge >= 0.3 is 0 Å².